The molecule has 1 fully saturated rings. The van der Waals surface area contributed by atoms with Gasteiger partial charge in [-0.2, -0.15) is 5.10 Å². The number of carboxylic acids is 1. The van der Waals surface area contributed by atoms with Gasteiger partial charge in [0.1, 0.15) is 0 Å². The van der Waals surface area contributed by atoms with Crippen LogP contribution in [0.1, 0.15) is 36.5 Å². The average Bonchev–Trinajstić information content (AvgIpc) is 3.02. The number of carboxylic acid groups (broad SMARTS) is 1. The van der Waals surface area contributed by atoms with Gasteiger partial charge < -0.3 is 14.7 Å². The van der Waals surface area contributed by atoms with Crippen molar-refractivity contribution in [2.45, 2.75) is 32.7 Å². The standard InChI is InChI=1S/C15H21N3O5/c1-2-23-15(22)11-4-3-6-17(9-11)13(19)5-7-18-10-12(8-16-18)14(20)21/h8,10-11H,2-7,9H2,1H3,(H,20,21). The zero-order valence-corrected chi connectivity index (χ0v) is 13.1. The summed E-state index contributed by atoms with van der Waals surface area (Å²) < 4.78 is 6.46. The predicted molar refractivity (Wildman–Crippen MR) is 79.7 cm³/mol. The van der Waals surface area contributed by atoms with Crippen LogP contribution in [0.5, 0.6) is 0 Å². The Kier molecular flexibility index (Phi) is 5.72. The summed E-state index contributed by atoms with van der Waals surface area (Å²) in [6.07, 6.45) is 4.39. The molecule has 1 unspecified atom stereocenters. The Morgan fingerprint density at radius 2 is 2.22 bits per heavy atom. The first-order valence-electron chi connectivity index (χ1n) is 7.71. The first-order valence-corrected chi connectivity index (χ1v) is 7.71. The molecule has 1 aliphatic rings. The van der Waals surface area contributed by atoms with E-state index in [4.69, 9.17) is 9.84 Å². The molecule has 8 nitrogen and oxygen atoms in total. The van der Waals surface area contributed by atoms with Crippen molar-refractivity contribution in [1.82, 2.24) is 14.7 Å². The highest BCUT2D eigenvalue weighted by molar-refractivity contribution is 5.86. The molecule has 126 valence electrons. The predicted octanol–water partition coefficient (Wildman–Crippen LogP) is 0.773. The SMILES string of the molecule is CCOC(=O)C1CCCN(C(=O)CCn2cc(C(=O)O)cn2)C1. The van der Waals surface area contributed by atoms with Crippen molar-refractivity contribution < 1.29 is 24.2 Å². The van der Waals surface area contributed by atoms with E-state index in [1.807, 2.05) is 0 Å². The number of aryl methyl sites for hydroxylation is 1. The van der Waals surface area contributed by atoms with Gasteiger partial charge in [-0.1, -0.05) is 0 Å². The second-order valence-corrected chi connectivity index (χ2v) is 5.48. The molecule has 1 aliphatic heterocycles. The molecular formula is C15H21N3O5. The Balaban J connectivity index is 1.84. The van der Waals surface area contributed by atoms with Crippen LogP contribution in [0.4, 0.5) is 0 Å². The van der Waals surface area contributed by atoms with Gasteiger partial charge in [0.2, 0.25) is 5.91 Å². The number of carbonyl (C=O) groups excluding carboxylic acids is 2. The van der Waals surface area contributed by atoms with Crippen molar-refractivity contribution in [3.8, 4) is 0 Å². The summed E-state index contributed by atoms with van der Waals surface area (Å²) in [6.45, 7) is 3.44. The first kappa shape index (κ1) is 17.0. The van der Waals surface area contributed by atoms with Crippen molar-refractivity contribution in [1.29, 1.82) is 0 Å². The number of aromatic carboxylic acids is 1. The Hall–Kier alpha value is -2.38. The summed E-state index contributed by atoms with van der Waals surface area (Å²) in [5.74, 6) is -1.61. The quantitative estimate of drug-likeness (QED) is 0.776. The van der Waals surface area contributed by atoms with E-state index < -0.39 is 5.97 Å². The van der Waals surface area contributed by atoms with Crippen molar-refractivity contribution in [3.63, 3.8) is 0 Å². The van der Waals surface area contributed by atoms with E-state index in [2.05, 4.69) is 5.10 Å². The molecule has 1 aromatic heterocycles. The Labute approximate surface area is 134 Å². The number of nitrogens with zero attached hydrogens (tertiary/aromatic N) is 3. The van der Waals surface area contributed by atoms with Crippen LogP contribution in [0.3, 0.4) is 0 Å². The first-order chi connectivity index (χ1) is 11.0. The Morgan fingerprint density at radius 1 is 1.43 bits per heavy atom. The molecule has 1 N–H and O–H groups in total. The Morgan fingerprint density at radius 3 is 2.87 bits per heavy atom. The fraction of sp³-hybridized carbons (Fsp3) is 0.600. The van der Waals surface area contributed by atoms with Gasteiger partial charge in [0, 0.05) is 32.3 Å². The number of carbonyl (C=O) groups is 3. The molecule has 0 aliphatic carbocycles. The van der Waals surface area contributed by atoms with Crippen LogP contribution in [0.15, 0.2) is 12.4 Å². The molecule has 2 rings (SSSR count). The molecular weight excluding hydrogens is 302 g/mol. The third-order valence-electron chi connectivity index (χ3n) is 3.83. The van der Waals surface area contributed by atoms with Crippen molar-refractivity contribution >= 4 is 17.8 Å². The van der Waals surface area contributed by atoms with Crippen molar-refractivity contribution in [2.75, 3.05) is 19.7 Å². The van der Waals surface area contributed by atoms with Gasteiger partial charge >= 0.3 is 11.9 Å². The monoisotopic (exact) mass is 323 g/mol. The summed E-state index contributed by atoms with van der Waals surface area (Å²) in [5.41, 5.74) is 0.0952. The average molecular weight is 323 g/mol. The normalized spacial score (nSPS) is 17.8. The Bertz CT molecular complexity index is 583. The second-order valence-electron chi connectivity index (χ2n) is 5.48. The maximum Gasteiger partial charge on any atom is 0.338 e. The molecule has 1 saturated heterocycles. The number of hydrogen-bond acceptors (Lipinski definition) is 5. The van der Waals surface area contributed by atoms with Gasteiger partial charge in [0.05, 0.1) is 24.3 Å². The zero-order valence-electron chi connectivity index (χ0n) is 13.1. The van der Waals surface area contributed by atoms with Gasteiger partial charge in [-0.3, -0.25) is 14.3 Å². The van der Waals surface area contributed by atoms with E-state index in [1.165, 1.54) is 17.1 Å². The highest BCUT2D eigenvalue weighted by Crippen LogP contribution is 2.18. The maximum atomic E-state index is 12.3. The lowest BCUT2D eigenvalue weighted by Gasteiger charge is -2.31. The number of hydrogen-bond donors (Lipinski definition) is 1. The molecule has 0 bridgehead atoms. The highest BCUT2D eigenvalue weighted by Gasteiger charge is 2.29. The van der Waals surface area contributed by atoms with E-state index in [0.29, 0.717) is 26.2 Å². The van der Waals surface area contributed by atoms with Crippen LogP contribution >= 0.6 is 0 Å². The third-order valence-corrected chi connectivity index (χ3v) is 3.83. The van der Waals surface area contributed by atoms with Crippen molar-refractivity contribution in [2.24, 2.45) is 5.92 Å². The fourth-order valence-corrected chi connectivity index (χ4v) is 2.62. The summed E-state index contributed by atoms with van der Waals surface area (Å²) >= 11 is 0. The van der Waals surface area contributed by atoms with E-state index >= 15 is 0 Å². The van der Waals surface area contributed by atoms with Gasteiger partial charge in [0.25, 0.3) is 0 Å². The minimum absolute atomic E-state index is 0.0635. The molecule has 0 spiro atoms. The van der Waals surface area contributed by atoms with Crippen LogP contribution in [-0.2, 0) is 20.9 Å². The molecule has 0 saturated carbocycles. The zero-order chi connectivity index (χ0) is 16.8. The van der Waals surface area contributed by atoms with Gasteiger partial charge in [-0.15, -0.1) is 0 Å². The summed E-state index contributed by atoms with van der Waals surface area (Å²) in [7, 11) is 0. The number of ether oxygens (including phenoxy) is 1. The number of piperidine rings is 1. The smallest absolute Gasteiger partial charge is 0.338 e. The van der Waals surface area contributed by atoms with Crippen LogP contribution in [-0.4, -0.2) is 57.3 Å². The van der Waals surface area contributed by atoms with Crippen LogP contribution in [0.2, 0.25) is 0 Å². The lowest BCUT2D eigenvalue weighted by Crippen LogP contribution is -2.43. The molecule has 23 heavy (non-hydrogen) atoms. The van der Waals surface area contributed by atoms with Crippen molar-refractivity contribution in [3.05, 3.63) is 18.0 Å². The molecule has 1 aromatic rings. The topological polar surface area (TPSA) is 102 Å². The number of amides is 1. The maximum absolute atomic E-state index is 12.3. The molecule has 0 aromatic carbocycles. The highest BCUT2D eigenvalue weighted by atomic mass is 16.5. The van der Waals surface area contributed by atoms with Crippen LogP contribution in [0, 0.1) is 5.92 Å². The molecule has 2 heterocycles. The van der Waals surface area contributed by atoms with E-state index in [-0.39, 0.29) is 29.8 Å². The molecule has 0 radical (unpaired) electrons. The van der Waals surface area contributed by atoms with Crippen LogP contribution < -0.4 is 0 Å². The van der Waals surface area contributed by atoms with Gasteiger partial charge in [-0.25, -0.2) is 4.79 Å². The van der Waals surface area contributed by atoms with E-state index in [1.54, 1.807) is 11.8 Å². The summed E-state index contributed by atoms with van der Waals surface area (Å²) in [6, 6.07) is 0. The molecule has 1 atom stereocenters. The van der Waals surface area contributed by atoms with E-state index in [9.17, 15) is 14.4 Å². The number of likely N-dealkylation sites (tertiary alicyclic amines) is 1. The number of esters is 1. The fourth-order valence-electron chi connectivity index (χ4n) is 2.62. The summed E-state index contributed by atoms with van der Waals surface area (Å²) in [4.78, 5) is 36.5. The van der Waals surface area contributed by atoms with Gasteiger partial charge in [-0.05, 0) is 19.8 Å². The third kappa shape index (κ3) is 4.54. The number of aromatic nitrogens is 2. The minimum atomic E-state index is -1.05. The molecule has 8 heteroatoms. The molecule has 1 amide bonds. The number of rotatable bonds is 6. The largest absolute Gasteiger partial charge is 0.478 e. The van der Waals surface area contributed by atoms with Crippen LogP contribution in [0.25, 0.3) is 0 Å². The van der Waals surface area contributed by atoms with Gasteiger partial charge in [0.15, 0.2) is 0 Å². The van der Waals surface area contributed by atoms with E-state index in [0.717, 1.165) is 12.8 Å². The lowest BCUT2D eigenvalue weighted by molar-refractivity contribution is -0.151. The minimum Gasteiger partial charge on any atom is -0.478 e. The lowest BCUT2D eigenvalue weighted by atomic mass is 9.98. The summed E-state index contributed by atoms with van der Waals surface area (Å²) in [5, 5.41) is 12.7. The second kappa shape index (κ2) is 7.75.